The third-order valence-electron chi connectivity index (χ3n) is 14.5. The maximum Gasteiger partial charge on any atom is 0.306 e. The van der Waals surface area contributed by atoms with Gasteiger partial charge in [0.05, 0.1) is 0 Å². The van der Waals surface area contributed by atoms with Crippen LogP contribution in [0.25, 0.3) is 0 Å². The summed E-state index contributed by atoms with van der Waals surface area (Å²) in [4.78, 5) is 38.4. The van der Waals surface area contributed by atoms with E-state index in [0.717, 1.165) is 122 Å². The second-order valence-electron chi connectivity index (χ2n) is 22.3. The molecule has 0 aromatic heterocycles. The molecule has 0 aromatic carbocycles. The number of ether oxygens (including phenoxy) is 3. The van der Waals surface area contributed by atoms with Crippen LogP contribution in [0.3, 0.4) is 0 Å². The van der Waals surface area contributed by atoms with Gasteiger partial charge >= 0.3 is 17.9 Å². The van der Waals surface area contributed by atoms with Crippen LogP contribution >= 0.6 is 0 Å². The lowest BCUT2D eigenvalue weighted by molar-refractivity contribution is -0.167. The van der Waals surface area contributed by atoms with Gasteiger partial charge in [-0.05, 0) is 103 Å². The van der Waals surface area contributed by atoms with Crippen molar-refractivity contribution < 1.29 is 28.6 Å². The van der Waals surface area contributed by atoms with Crippen molar-refractivity contribution in [3.63, 3.8) is 0 Å². The van der Waals surface area contributed by atoms with Crippen molar-refractivity contribution in [1.82, 2.24) is 0 Å². The van der Waals surface area contributed by atoms with Crippen molar-refractivity contribution in [1.29, 1.82) is 0 Å². The Bertz CT molecular complexity index is 1610. The summed E-state index contributed by atoms with van der Waals surface area (Å²) >= 11 is 0. The number of hydrogen-bond donors (Lipinski definition) is 0. The summed E-state index contributed by atoms with van der Waals surface area (Å²) in [6, 6.07) is 0. The molecule has 458 valence electrons. The minimum Gasteiger partial charge on any atom is -0.462 e. The number of carbonyl (C=O) groups is 3. The van der Waals surface area contributed by atoms with Crippen molar-refractivity contribution in [2.24, 2.45) is 0 Å². The molecular weight excluding hydrogens is 985 g/mol. The lowest BCUT2D eigenvalue weighted by Crippen LogP contribution is -2.30. The first kappa shape index (κ1) is 76.1. The molecule has 0 bridgehead atoms. The van der Waals surface area contributed by atoms with Crippen LogP contribution in [0.15, 0.2) is 109 Å². The number of carbonyl (C=O) groups excluding carboxylic acids is 3. The van der Waals surface area contributed by atoms with Crippen LogP contribution in [0.2, 0.25) is 0 Å². The predicted molar refractivity (Wildman–Crippen MR) is 348 cm³/mol. The molecule has 6 heteroatoms. The van der Waals surface area contributed by atoms with E-state index in [1.807, 2.05) is 0 Å². The molecule has 0 radical (unpaired) electrons. The Morgan fingerprint density at radius 1 is 0.263 bits per heavy atom. The Kier molecular flexibility index (Phi) is 64.3. The zero-order chi connectivity index (χ0) is 57.8. The lowest BCUT2D eigenvalue weighted by Gasteiger charge is -2.18. The Morgan fingerprint density at radius 2 is 0.487 bits per heavy atom. The highest BCUT2D eigenvalue weighted by molar-refractivity contribution is 5.71. The van der Waals surface area contributed by atoms with Crippen LogP contribution in [0.5, 0.6) is 0 Å². The van der Waals surface area contributed by atoms with Crippen LogP contribution < -0.4 is 0 Å². The van der Waals surface area contributed by atoms with Crippen molar-refractivity contribution >= 4 is 17.9 Å². The van der Waals surface area contributed by atoms with E-state index in [4.69, 9.17) is 14.2 Å². The minimum absolute atomic E-state index is 0.0779. The topological polar surface area (TPSA) is 78.9 Å². The molecule has 80 heavy (non-hydrogen) atoms. The molecule has 0 heterocycles. The molecule has 0 aromatic rings. The van der Waals surface area contributed by atoms with Gasteiger partial charge in [0.25, 0.3) is 0 Å². The van der Waals surface area contributed by atoms with Gasteiger partial charge in [-0.15, -0.1) is 0 Å². The first-order chi connectivity index (χ1) is 39.5. The standard InChI is InChI=1S/C74H126O6/c1-4-7-10-13-16-19-22-25-27-29-31-33-35-37-39-41-43-45-47-49-52-55-58-61-64-67-73(76)79-70-71(69-78-72(75)66-63-60-57-54-51-24-21-18-15-12-9-6-3)80-74(77)68-65-62-59-56-53-50-48-46-44-42-40-38-36-34-32-30-28-26-23-20-17-14-11-8-5-2/h7-8,10-11,16-17,19-20,25-28,31-34,37,39,71H,4-6,9,12-15,18,21-24,29-30,35-36,38,40-70H2,1-3H3/b10-7-,11-8-,19-16-,20-17-,27-25-,28-26-,33-31-,34-32-,39-37-. The summed E-state index contributed by atoms with van der Waals surface area (Å²) in [6.07, 6.45) is 92.4. The Labute approximate surface area is 495 Å². The van der Waals surface area contributed by atoms with E-state index in [1.165, 1.54) is 161 Å². The molecule has 1 unspecified atom stereocenters. The third kappa shape index (κ3) is 64.9. The second-order valence-corrected chi connectivity index (χ2v) is 22.3. The van der Waals surface area contributed by atoms with E-state index in [0.29, 0.717) is 19.3 Å². The van der Waals surface area contributed by atoms with Crippen molar-refractivity contribution in [2.45, 2.75) is 329 Å². The van der Waals surface area contributed by atoms with Crippen LogP contribution in [0.4, 0.5) is 0 Å². The molecule has 1 atom stereocenters. The summed E-state index contributed by atoms with van der Waals surface area (Å²) in [5.41, 5.74) is 0. The molecule has 0 aliphatic heterocycles. The summed E-state index contributed by atoms with van der Waals surface area (Å²) in [5, 5.41) is 0. The Hall–Kier alpha value is -3.93. The van der Waals surface area contributed by atoms with Gasteiger partial charge in [-0.3, -0.25) is 14.4 Å². The third-order valence-corrected chi connectivity index (χ3v) is 14.5. The van der Waals surface area contributed by atoms with Gasteiger partial charge in [-0.1, -0.05) is 310 Å². The van der Waals surface area contributed by atoms with E-state index in [9.17, 15) is 14.4 Å². The highest BCUT2D eigenvalue weighted by Crippen LogP contribution is 2.17. The molecule has 0 saturated carbocycles. The van der Waals surface area contributed by atoms with Crippen molar-refractivity contribution in [3.05, 3.63) is 109 Å². The number of rotatable bonds is 61. The lowest BCUT2D eigenvalue weighted by atomic mass is 10.0. The molecule has 6 nitrogen and oxygen atoms in total. The predicted octanol–water partition coefficient (Wildman–Crippen LogP) is 23.4. The van der Waals surface area contributed by atoms with Gasteiger partial charge in [0, 0.05) is 19.3 Å². The highest BCUT2D eigenvalue weighted by atomic mass is 16.6. The average molecular weight is 1110 g/mol. The SMILES string of the molecule is CC/C=C\C/C=C\C/C=C\C/C=C\C/C=C\CCCCCCCCCCCC(=O)OCC(COC(=O)CCCCCCCCCCCCCC)OC(=O)CCCCCCCCCCCCCC/C=C\C/C=C\C/C=C\C/C=C\CC. The first-order valence-electron chi connectivity index (χ1n) is 33.9. The van der Waals surface area contributed by atoms with Crippen molar-refractivity contribution in [2.75, 3.05) is 13.2 Å². The molecule has 0 spiro atoms. The smallest absolute Gasteiger partial charge is 0.306 e. The summed E-state index contributed by atoms with van der Waals surface area (Å²) in [7, 11) is 0. The van der Waals surface area contributed by atoms with Gasteiger partial charge in [-0.2, -0.15) is 0 Å². The zero-order valence-corrected chi connectivity index (χ0v) is 52.6. The number of unbranched alkanes of at least 4 members (excludes halogenated alkanes) is 32. The van der Waals surface area contributed by atoms with Gasteiger partial charge < -0.3 is 14.2 Å². The molecule has 0 rings (SSSR count). The Balaban J connectivity index is 4.30. The molecule has 0 N–H and O–H groups in total. The van der Waals surface area contributed by atoms with Gasteiger partial charge in [0.2, 0.25) is 0 Å². The fraction of sp³-hybridized carbons (Fsp3) is 0.716. The fourth-order valence-corrected chi connectivity index (χ4v) is 9.52. The Morgan fingerprint density at radius 3 is 0.762 bits per heavy atom. The number of esters is 3. The molecule has 0 amide bonds. The van der Waals surface area contributed by atoms with Crippen molar-refractivity contribution in [3.8, 4) is 0 Å². The average Bonchev–Trinajstić information content (AvgIpc) is 3.46. The zero-order valence-electron chi connectivity index (χ0n) is 52.6. The molecule has 0 aliphatic rings. The van der Waals surface area contributed by atoms with E-state index in [1.54, 1.807) is 0 Å². The molecule has 0 aliphatic carbocycles. The maximum atomic E-state index is 12.9. The molecular formula is C74H126O6. The molecule has 0 fully saturated rings. The number of allylic oxidation sites excluding steroid dienone is 18. The first-order valence-corrected chi connectivity index (χ1v) is 33.9. The normalized spacial score (nSPS) is 12.8. The minimum atomic E-state index is -0.782. The van der Waals surface area contributed by atoms with Crippen LogP contribution in [0.1, 0.15) is 323 Å². The quantitative estimate of drug-likeness (QED) is 0.0261. The second kappa shape index (κ2) is 67.6. The fourth-order valence-electron chi connectivity index (χ4n) is 9.52. The summed E-state index contributed by atoms with van der Waals surface area (Å²) in [5.74, 6) is -0.874. The maximum absolute atomic E-state index is 12.9. The summed E-state index contributed by atoms with van der Waals surface area (Å²) in [6.45, 7) is 6.44. The van der Waals surface area contributed by atoms with Crippen LogP contribution in [-0.2, 0) is 28.6 Å². The monoisotopic (exact) mass is 1110 g/mol. The van der Waals surface area contributed by atoms with Gasteiger partial charge in [0.1, 0.15) is 13.2 Å². The van der Waals surface area contributed by atoms with Gasteiger partial charge in [-0.25, -0.2) is 0 Å². The van der Waals surface area contributed by atoms with Crippen LogP contribution in [0, 0.1) is 0 Å². The largest absolute Gasteiger partial charge is 0.462 e. The summed E-state index contributed by atoms with van der Waals surface area (Å²) < 4.78 is 17.0. The molecule has 0 saturated heterocycles. The van der Waals surface area contributed by atoms with E-state index >= 15 is 0 Å². The number of hydrogen-bond acceptors (Lipinski definition) is 6. The van der Waals surface area contributed by atoms with E-state index in [2.05, 4.69) is 130 Å². The van der Waals surface area contributed by atoms with E-state index in [-0.39, 0.29) is 31.1 Å². The van der Waals surface area contributed by atoms with E-state index < -0.39 is 6.10 Å². The van der Waals surface area contributed by atoms with Crippen LogP contribution in [-0.4, -0.2) is 37.2 Å². The highest BCUT2D eigenvalue weighted by Gasteiger charge is 2.19. The van der Waals surface area contributed by atoms with Gasteiger partial charge in [0.15, 0.2) is 6.10 Å².